The number of aromatic nitrogens is 1. The SMILES string of the molecule is Cc1ccc(C)n1[C@@H](C)C(=O)NC[C@@H](C)c1ccccc1. The molecule has 1 heterocycles. The Bertz CT molecular complexity index is 581. The van der Waals surface area contributed by atoms with Crippen LogP contribution in [0.4, 0.5) is 0 Å². The first-order chi connectivity index (χ1) is 10.0. The molecule has 0 aliphatic carbocycles. The monoisotopic (exact) mass is 284 g/mol. The van der Waals surface area contributed by atoms with Gasteiger partial charge in [-0.15, -0.1) is 0 Å². The van der Waals surface area contributed by atoms with Crippen LogP contribution in [0.25, 0.3) is 0 Å². The van der Waals surface area contributed by atoms with Crippen molar-refractivity contribution >= 4 is 5.91 Å². The zero-order valence-corrected chi connectivity index (χ0v) is 13.3. The second kappa shape index (κ2) is 6.61. The second-order valence-corrected chi connectivity index (χ2v) is 5.72. The van der Waals surface area contributed by atoms with Gasteiger partial charge in [0.25, 0.3) is 0 Å². The Hall–Kier alpha value is -2.03. The molecule has 1 N–H and O–H groups in total. The summed E-state index contributed by atoms with van der Waals surface area (Å²) in [6.45, 7) is 8.80. The van der Waals surface area contributed by atoms with Crippen molar-refractivity contribution in [2.24, 2.45) is 0 Å². The van der Waals surface area contributed by atoms with Crippen molar-refractivity contribution in [1.82, 2.24) is 9.88 Å². The normalized spacial score (nSPS) is 13.7. The molecule has 0 unspecified atom stereocenters. The minimum absolute atomic E-state index is 0.0696. The van der Waals surface area contributed by atoms with Gasteiger partial charge in [0.05, 0.1) is 0 Å². The molecule has 112 valence electrons. The third-order valence-corrected chi connectivity index (χ3v) is 4.04. The van der Waals surface area contributed by atoms with Gasteiger partial charge < -0.3 is 9.88 Å². The Morgan fingerprint density at radius 1 is 1.05 bits per heavy atom. The average Bonchev–Trinajstić information content (AvgIpc) is 2.83. The molecule has 0 bridgehead atoms. The third kappa shape index (κ3) is 3.54. The molecular formula is C18H24N2O. The number of rotatable bonds is 5. The van der Waals surface area contributed by atoms with Crippen molar-refractivity contribution in [2.45, 2.75) is 39.7 Å². The predicted molar refractivity (Wildman–Crippen MR) is 86.5 cm³/mol. The molecule has 0 spiro atoms. The Kier molecular flexibility index (Phi) is 4.84. The van der Waals surface area contributed by atoms with Gasteiger partial charge >= 0.3 is 0 Å². The molecular weight excluding hydrogens is 260 g/mol. The maximum atomic E-state index is 12.3. The third-order valence-electron chi connectivity index (χ3n) is 4.04. The maximum absolute atomic E-state index is 12.3. The van der Waals surface area contributed by atoms with E-state index in [0.717, 1.165) is 11.4 Å². The Morgan fingerprint density at radius 2 is 1.62 bits per heavy atom. The largest absolute Gasteiger partial charge is 0.354 e. The number of nitrogens with one attached hydrogen (secondary N) is 1. The van der Waals surface area contributed by atoms with E-state index < -0.39 is 0 Å². The van der Waals surface area contributed by atoms with Crippen molar-refractivity contribution in [3.05, 3.63) is 59.4 Å². The standard InChI is InChI=1S/C18H24N2O/c1-13(17-8-6-5-7-9-17)12-19-18(21)16(4)20-14(2)10-11-15(20)3/h5-11,13,16H,12H2,1-4H3,(H,19,21)/t13-,16+/m1/s1. The van der Waals surface area contributed by atoms with Crippen LogP contribution in [-0.2, 0) is 4.79 Å². The summed E-state index contributed by atoms with van der Waals surface area (Å²) in [5, 5.41) is 3.06. The number of hydrogen-bond donors (Lipinski definition) is 1. The lowest BCUT2D eigenvalue weighted by Gasteiger charge is -2.20. The van der Waals surface area contributed by atoms with Gasteiger partial charge in [-0.3, -0.25) is 4.79 Å². The van der Waals surface area contributed by atoms with E-state index >= 15 is 0 Å². The lowest BCUT2D eigenvalue weighted by molar-refractivity contribution is -0.124. The first-order valence-corrected chi connectivity index (χ1v) is 7.47. The van der Waals surface area contributed by atoms with Gasteiger partial charge in [-0.1, -0.05) is 37.3 Å². The zero-order valence-electron chi connectivity index (χ0n) is 13.3. The van der Waals surface area contributed by atoms with Gasteiger partial charge in [-0.05, 0) is 44.4 Å². The fraction of sp³-hybridized carbons (Fsp3) is 0.389. The zero-order chi connectivity index (χ0) is 15.4. The average molecular weight is 284 g/mol. The number of benzene rings is 1. The molecule has 3 nitrogen and oxygen atoms in total. The summed E-state index contributed by atoms with van der Waals surface area (Å²) in [6, 6.07) is 14.2. The van der Waals surface area contributed by atoms with Gasteiger partial charge in [0.15, 0.2) is 0 Å². The quantitative estimate of drug-likeness (QED) is 0.894. The smallest absolute Gasteiger partial charge is 0.242 e. The lowest BCUT2D eigenvalue weighted by atomic mass is 10.0. The molecule has 0 saturated carbocycles. The van der Waals surface area contributed by atoms with E-state index in [1.54, 1.807) is 0 Å². The predicted octanol–water partition coefficient (Wildman–Crippen LogP) is 3.59. The fourth-order valence-electron chi connectivity index (χ4n) is 2.71. The topological polar surface area (TPSA) is 34.0 Å². The van der Waals surface area contributed by atoms with E-state index in [2.05, 4.69) is 28.9 Å². The molecule has 2 rings (SSSR count). The van der Waals surface area contributed by atoms with E-state index in [9.17, 15) is 4.79 Å². The van der Waals surface area contributed by atoms with Crippen LogP contribution < -0.4 is 5.32 Å². The van der Waals surface area contributed by atoms with Crippen LogP contribution in [0.1, 0.15) is 42.8 Å². The Morgan fingerprint density at radius 3 is 2.19 bits per heavy atom. The summed E-state index contributed by atoms with van der Waals surface area (Å²) in [5.74, 6) is 0.384. The van der Waals surface area contributed by atoms with E-state index in [1.165, 1.54) is 5.56 Å². The first kappa shape index (κ1) is 15.4. The van der Waals surface area contributed by atoms with Gasteiger partial charge in [-0.2, -0.15) is 0 Å². The minimum atomic E-state index is -0.178. The van der Waals surface area contributed by atoms with Crippen molar-refractivity contribution in [3.8, 4) is 0 Å². The highest BCUT2D eigenvalue weighted by atomic mass is 16.2. The molecule has 21 heavy (non-hydrogen) atoms. The van der Waals surface area contributed by atoms with Gasteiger partial charge in [0.1, 0.15) is 6.04 Å². The van der Waals surface area contributed by atoms with E-state index in [1.807, 2.05) is 51.1 Å². The number of carbonyl (C=O) groups excluding carboxylic acids is 1. The highest BCUT2D eigenvalue weighted by molar-refractivity contribution is 5.80. The Balaban J connectivity index is 1.96. The molecule has 1 amide bonds. The first-order valence-electron chi connectivity index (χ1n) is 7.47. The van der Waals surface area contributed by atoms with E-state index in [4.69, 9.17) is 0 Å². The summed E-state index contributed by atoms with van der Waals surface area (Å²) < 4.78 is 2.07. The van der Waals surface area contributed by atoms with Gasteiger partial charge in [0.2, 0.25) is 5.91 Å². The number of aryl methyl sites for hydroxylation is 2. The highest BCUT2D eigenvalue weighted by Crippen LogP contribution is 2.17. The summed E-state index contributed by atoms with van der Waals surface area (Å²) in [7, 11) is 0. The van der Waals surface area contributed by atoms with Crippen LogP contribution in [0, 0.1) is 13.8 Å². The number of hydrogen-bond acceptors (Lipinski definition) is 1. The minimum Gasteiger partial charge on any atom is -0.354 e. The molecule has 2 aromatic rings. The second-order valence-electron chi connectivity index (χ2n) is 5.72. The van der Waals surface area contributed by atoms with Crippen LogP contribution in [0.5, 0.6) is 0 Å². The van der Waals surface area contributed by atoms with Crippen LogP contribution in [0.3, 0.4) is 0 Å². The molecule has 2 atom stereocenters. The van der Waals surface area contributed by atoms with Crippen molar-refractivity contribution in [3.63, 3.8) is 0 Å². The number of amides is 1. The lowest BCUT2D eigenvalue weighted by Crippen LogP contribution is -2.34. The maximum Gasteiger partial charge on any atom is 0.242 e. The molecule has 1 aromatic heterocycles. The van der Waals surface area contributed by atoms with Crippen molar-refractivity contribution in [2.75, 3.05) is 6.54 Å². The van der Waals surface area contributed by atoms with Crippen LogP contribution in [0.15, 0.2) is 42.5 Å². The van der Waals surface area contributed by atoms with Crippen LogP contribution in [0.2, 0.25) is 0 Å². The number of carbonyl (C=O) groups is 1. The summed E-state index contributed by atoms with van der Waals surface area (Å²) >= 11 is 0. The highest BCUT2D eigenvalue weighted by Gasteiger charge is 2.18. The molecule has 0 aliphatic rings. The van der Waals surface area contributed by atoms with Gasteiger partial charge in [0, 0.05) is 17.9 Å². The molecule has 0 saturated heterocycles. The van der Waals surface area contributed by atoms with Gasteiger partial charge in [-0.25, -0.2) is 0 Å². The molecule has 3 heteroatoms. The van der Waals surface area contributed by atoms with Crippen LogP contribution >= 0.6 is 0 Å². The van der Waals surface area contributed by atoms with E-state index in [-0.39, 0.29) is 11.9 Å². The molecule has 0 radical (unpaired) electrons. The number of nitrogens with zero attached hydrogens (tertiary/aromatic N) is 1. The van der Waals surface area contributed by atoms with E-state index in [0.29, 0.717) is 12.5 Å². The molecule has 1 aromatic carbocycles. The van der Waals surface area contributed by atoms with Crippen molar-refractivity contribution in [1.29, 1.82) is 0 Å². The summed E-state index contributed by atoms with van der Waals surface area (Å²) in [5.41, 5.74) is 3.48. The molecule has 0 fully saturated rings. The van der Waals surface area contributed by atoms with Crippen molar-refractivity contribution < 1.29 is 4.79 Å². The summed E-state index contributed by atoms with van der Waals surface area (Å²) in [4.78, 5) is 12.3. The summed E-state index contributed by atoms with van der Waals surface area (Å²) in [6.07, 6.45) is 0. The Labute approximate surface area is 127 Å². The fourth-order valence-corrected chi connectivity index (χ4v) is 2.71. The van der Waals surface area contributed by atoms with Crippen LogP contribution in [-0.4, -0.2) is 17.0 Å². The molecule has 0 aliphatic heterocycles.